The third kappa shape index (κ3) is 3.19. The number of rotatable bonds is 4. The number of H-pyrrole nitrogens is 1. The molecule has 0 fully saturated rings. The van der Waals surface area contributed by atoms with E-state index < -0.39 is 0 Å². The molecule has 4 heterocycles. The molecule has 0 bridgehead atoms. The van der Waals surface area contributed by atoms with Gasteiger partial charge < -0.3 is 4.98 Å². The number of benzene rings is 1. The molecule has 0 aliphatic rings. The van der Waals surface area contributed by atoms with E-state index in [-0.39, 0.29) is 0 Å². The van der Waals surface area contributed by atoms with E-state index in [1.54, 1.807) is 10.9 Å². The second kappa shape index (κ2) is 6.86. The molecule has 0 aliphatic heterocycles. The van der Waals surface area contributed by atoms with E-state index in [0.717, 1.165) is 33.7 Å². The SMILES string of the molecule is Cc1nn(C)cc1-c1nc2ncc(Cl)c(-c3cnn(Cc4ccccc4)c3)c2[nH]1. The third-order valence-corrected chi connectivity index (χ3v) is 5.14. The molecule has 0 unspecified atom stereocenters. The van der Waals surface area contributed by atoms with Crippen LogP contribution in [0.4, 0.5) is 0 Å². The highest BCUT2D eigenvalue weighted by Crippen LogP contribution is 2.34. The summed E-state index contributed by atoms with van der Waals surface area (Å²) in [6, 6.07) is 10.2. The molecule has 1 N–H and O–H groups in total. The number of aryl methyl sites for hydroxylation is 2. The zero-order chi connectivity index (χ0) is 20.0. The van der Waals surface area contributed by atoms with Crippen LogP contribution in [0.15, 0.2) is 55.1 Å². The number of aromatic nitrogens is 7. The minimum absolute atomic E-state index is 0.551. The van der Waals surface area contributed by atoms with Gasteiger partial charge in [0.15, 0.2) is 5.65 Å². The molecule has 144 valence electrons. The van der Waals surface area contributed by atoms with Crippen LogP contribution in [0, 0.1) is 6.92 Å². The Morgan fingerprint density at radius 1 is 1.10 bits per heavy atom. The Labute approximate surface area is 172 Å². The minimum atomic E-state index is 0.551. The smallest absolute Gasteiger partial charge is 0.178 e. The van der Waals surface area contributed by atoms with Gasteiger partial charge in [-0.25, -0.2) is 9.97 Å². The molecule has 1 aromatic carbocycles. The predicted octanol–water partition coefficient (Wildman–Crippen LogP) is 4.23. The number of nitrogens with zero attached hydrogens (tertiary/aromatic N) is 6. The van der Waals surface area contributed by atoms with Crippen LogP contribution < -0.4 is 0 Å². The van der Waals surface area contributed by atoms with Crippen molar-refractivity contribution in [2.75, 3.05) is 0 Å². The van der Waals surface area contributed by atoms with Crippen LogP contribution in [0.25, 0.3) is 33.7 Å². The van der Waals surface area contributed by atoms with E-state index in [4.69, 9.17) is 11.6 Å². The van der Waals surface area contributed by atoms with Gasteiger partial charge in [0.2, 0.25) is 0 Å². The van der Waals surface area contributed by atoms with Crippen molar-refractivity contribution in [1.82, 2.24) is 34.5 Å². The molecule has 0 spiro atoms. The first-order chi connectivity index (χ1) is 14.1. The Morgan fingerprint density at radius 2 is 1.93 bits per heavy atom. The number of hydrogen-bond donors (Lipinski definition) is 1. The van der Waals surface area contributed by atoms with Gasteiger partial charge in [-0.2, -0.15) is 10.2 Å². The summed E-state index contributed by atoms with van der Waals surface area (Å²) in [6.45, 7) is 2.65. The highest BCUT2D eigenvalue weighted by molar-refractivity contribution is 6.34. The van der Waals surface area contributed by atoms with E-state index >= 15 is 0 Å². The van der Waals surface area contributed by atoms with Gasteiger partial charge in [0.05, 0.1) is 34.5 Å². The Hall–Kier alpha value is -3.45. The van der Waals surface area contributed by atoms with Crippen LogP contribution in [0.3, 0.4) is 0 Å². The van der Waals surface area contributed by atoms with Gasteiger partial charge in [-0.1, -0.05) is 41.9 Å². The second-order valence-electron chi connectivity index (χ2n) is 6.98. The lowest BCUT2D eigenvalue weighted by Crippen LogP contribution is -1.99. The number of pyridine rings is 1. The summed E-state index contributed by atoms with van der Waals surface area (Å²) < 4.78 is 3.67. The van der Waals surface area contributed by atoms with Crippen LogP contribution >= 0.6 is 11.6 Å². The lowest BCUT2D eigenvalue weighted by atomic mass is 10.1. The molecule has 0 saturated heterocycles. The maximum atomic E-state index is 6.53. The topological polar surface area (TPSA) is 77.2 Å². The molecule has 0 saturated carbocycles. The van der Waals surface area contributed by atoms with Crippen molar-refractivity contribution in [3.63, 3.8) is 0 Å². The molecule has 0 atom stereocenters. The summed E-state index contributed by atoms with van der Waals surface area (Å²) in [5.41, 5.74) is 6.17. The summed E-state index contributed by atoms with van der Waals surface area (Å²) in [5.74, 6) is 0.721. The molecular weight excluding hydrogens is 386 g/mol. The number of nitrogens with one attached hydrogen (secondary N) is 1. The van der Waals surface area contributed by atoms with Crippen molar-refractivity contribution < 1.29 is 0 Å². The number of hydrogen-bond acceptors (Lipinski definition) is 4. The molecule has 5 rings (SSSR count). The van der Waals surface area contributed by atoms with E-state index in [1.165, 1.54) is 5.56 Å². The van der Waals surface area contributed by atoms with E-state index in [2.05, 4.69) is 37.3 Å². The van der Waals surface area contributed by atoms with Crippen LogP contribution in [-0.4, -0.2) is 34.5 Å². The molecule has 29 heavy (non-hydrogen) atoms. The van der Waals surface area contributed by atoms with Gasteiger partial charge in [0.1, 0.15) is 5.82 Å². The number of fused-ring (bicyclic) bond motifs is 1. The van der Waals surface area contributed by atoms with Crippen molar-refractivity contribution in [2.45, 2.75) is 13.5 Å². The second-order valence-corrected chi connectivity index (χ2v) is 7.39. The Bertz CT molecular complexity index is 1310. The molecule has 0 radical (unpaired) electrons. The van der Waals surface area contributed by atoms with Gasteiger partial charge >= 0.3 is 0 Å². The maximum Gasteiger partial charge on any atom is 0.178 e. The monoisotopic (exact) mass is 403 g/mol. The lowest BCUT2D eigenvalue weighted by Gasteiger charge is -2.03. The average molecular weight is 404 g/mol. The Morgan fingerprint density at radius 3 is 2.69 bits per heavy atom. The lowest BCUT2D eigenvalue weighted by molar-refractivity contribution is 0.687. The standard InChI is InChI=1S/C21H18ClN7/c1-13-16(12-28(2)27-13)20-25-19-18(17(22)9-23-21(19)26-20)15-8-24-29(11-15)10-14-6-4-3-5-7-14/h3-9,11-12H,10H2,1-2H3,(H,23,25,26). The first-order valence-corrected chi connectivity index (χ1v) is 9.58. The predicted molar refractivity (Wildman–Crippen MR) is 113 cm³/mol. The molecule has 0 aliphatic carbocycles. The zero-order valence-electron chi connectivity index (χ0n) is 16.0. The molecule has 5 aromatic rings. The summed E-state index contributed by atoms with van der Waals surface area (Å²) in [6.07, 6.45) is 7.38. The third-order valence-electron chi connectivity index (χ3n) is 4.85. The van der Waals surface area contributed by atoms with Gasteiger partial charge in [-0.05, 0) is 12.5 Å². The summed E-state index contributed by atoms with van der Waals surface area (Å²) >= 11 is 6.53. The van der Waals surface area contributed by atoms with Crippen molar-refractivity contribution in [3.05, 3.63) is 71.4 Å². The van der Waals surface area contributed by atoms with Crippen molar-refractivity contribution >= 4 is 22.8 Å². The van der Waals surface area contributed by atoms with Crippen LogP contribution in [0.5, 0.6) is 0 Å². The zero-order valence-corrected chi connectivity index (χ0v) is 16.7. The first-order valence-electron chi connectivity index (χ1n) is 9.20. The molecule has 4 aromatic heterocycles. The number of aromatic amines is 1. The first kappa shape index (κ1) is 17.6. The largest absolute Gasteiger partial charge is 0.336 e. The van der Waals surface area contributed by atoms with E-state index in [9.17, 15) is 0 Å². The maximum absolute atomic E-state index is 6.53. The average Bonchev–Trinajstić information content (AvgIpc) is 3.41. The van der Waals surface area contributed by atoms with Gasteiger partial charge in [0, 0.05) is 36.8 Å². The minimum Gasteiger partial charge on any atom is -0.336 e. The van der Waals surface area contributed by atoms with Crippen molar-refractivity contribution in [3.8, 4) is 22.5 Å². The highest BCUT2D eigenvalue weighted by atomic mass is 35.5. The van der Waals surface area contributed by atoms with E-state index in [1.807, 2.05) is 55.4 Å². The molecule has 8 heteroatoms. The van der Waals surface area contributed by atoms with Gasteiger partial charge in [-0.3, -0.25) is 9.36 Å². The summed E-state index contributed by atoms with van der Waals surface area (Å²) in [4.78, 5) is 12.4. The quantitative estimate of drug-likeness (QED) is 0.487. The van der Waals surface area contributed by atoms with Crippen LogP contribution in [-0.2, 0) is 13.6 Å². The normalized spacial score (nSPS) is 11.4. The van der Waals surface area contributed by atoms with Gasteiger partial charge in [0.25, 0.3) is 0 Å². The fourth-order valence-corrected chi connectivity index (χ4v) is 3.78. The van der Waals surface area contributed by atoms with Crippen molar-refractivity contribution in [1.29, 1.82) is 0 Å². The summed E-state index contributed by atoms with van der Waals surface area (Å²) in [7, 11) is 1.89. The number of imidazole rings is 1. The van der Waals surface area contributed by atoms with Gasteiger partial charge in [-0.15, -0.1) is 0 Å². The fourth-order valence-electron chi connectivity index (χ4n) is 3.53. The highest BCUT2D eigenvalue weighted by Gasteiger charge is 2.18. The summed E-state index contributed by atoms with van der Waals surface area (Å²) in [5, 5.41) is 9.45. The Kier molecular flexibility index (Phi) is 4.17. The Balaban J connectivity index is 1.58. The molecular formula is C21H18ClN7. The van der Waals surface area contributed by atoms with Crippen LogP contribution in [0.1, 0.15) is 11.3 Å². The van der Waals surface area contributed by atoms with Crippen LogP contribution in [0.2, 0.25) is 5.02 Å². The molecule has 0 amide bonds. The van der Waals surface area contributed by atoms with Crippen molar-refractivity contribution in [2.24, 2.45) is 7.05 Å². The molecule has 7 nitrogen and oxygen atoms in total. The number of halogens is 1. The van der Waals surface area contributed by atoms with E-state index in [0.29, 0.717) is 17.2 Å². The fraction of sp³-hybridized carbons (Fsp3) is 0.143.